The highest BCUT2D eigenvalue weighted by Crippen LogP contribution is 2.10. The van der Waals surface area contributed by atoms with Crippen LogP contribution in [0.5, 0.6) is 0 Å². The van der Waals surface area contributed by atoms with Crippen LogP contribution in [0.15, 0.2) is 35.1 Å². The molecule has 1 aromatic rings. The molecular weight excluding hydrogens is 176 g/mol. The highest BCUT2D eigenvalue weighted by atomic mass is 14.7. The van der Waals surface area contributed by atoms with Crippen LogP contribution in [0.1, 0.15) is 12.6 Å². The first-order valence-electron chi connectivity index (χ1n) is 4.05. The maximum Gasteiger partial charge on any atom is 0.142 e. The lowest BCUT2D eigenvalue weighted by Gasteiger charge is -1.91. The summed E-state index contributed by atoms with van der Waals surface area (Å²) in [4.78, 5) is 7.91. The van der Waals surface area contributed by atoms with Crippen LogP contribution < -0.4 is 5.73 Å². The van der Waals surface area contributed by atoms with Crippen molar-refractivity contribution in [3.63, 3.8) is 0 Å². The number of allylic oxidation sites excluding steroid dienone is 2. The average Bonchev–Trinajstić information content (AvgIpc) is 2.18. The Labute approximate surface area is 82.4 Å². The molecule has 0 bridgehead atoms. The third kappa shape index (κ3) is 3.07. The molecule has 0 atom stereocenters. The lowest BCUT2D eigenvalue weighted by atomic mass is 10.3. The highest BCUT2D eigenvalue weighted by Gasteiger charge is 1.91. The van der Waals surface area contributed by atoms with Crippen molar-refractivity contribution in [2.45, 2.75) is 6.92 Å². The second-order valence-corrected chi connectivity index (χ2v) is 2.70. The summed E-state index contributed by atoms with van der Waals surface area (Å²) in [5.41, 5.74) is 7.15. The van der Waals surface area contributed by atoms with Gasteiger partial charge in [-0.2, -0.15) is 5.26 Å². The van der Waals surface area contributed by atoms with Gasteiger partial charge in [-0.25, -0.2) is 4.98 Å². The zero-order chi connectivity index (χ0) is 10.4. The van der Waals surface area contributed by atoms with Crippen molar-refractivity contribution in [3.05, 3.63) is 35.8 Å². The normalized spacial score (nSPS) is 11.6. The van der Waals surface area contributed by atoms with Gasteiger partial charge in [-0.05, 0) is 19.1 Å². The number of nitrogens with two attached hydrogens (primary N) is 1. The zero-order valence-corrected chi connectivity index (χ0v) is 7.81. The third-order valence-electron chi connectivity index (χ3n) is 1.42. The van der Waals surface area contributed by atoms with Gasteiger partial charge in [0.1, 0.15) is 11.8 Å². The monoisotopic (exact) mass is 186 g/mol. The number of nitriles is 1. The Morgan fingerprint density at radius 2 is 2.50 bits per heavy atom. The first-order valence-corrected chi connectivity index (χ1v) is 4.05. The van der Waals surface area contributed by atoms with E-state index < -0.39 is 0 Å². The third-order valence-corrected chi connectivity index (χ3v) is 1.42. The van der Waals surface area contributed by atoms with Gasteiger partial charge in [-0.1, -0.05) is 0 Å². The van der Waals surface area contributed by atoms with E-state index in [1.165, 1.54) is 0 Å². The van der Waals surface area contributed by atoms with Gasteiger partial charge in [-0.15, -0.1) is 0 Å². The molecule has 0 amide bonds. The van der Waals surface area contributed by atoms with E-state index >= 15 is 0 Å². The fourth-order valence-corrected chi connectivity index (χ4v) is 0.802. The molecule has 70 valence electrons. The summed E-state index contributed by atoms with van der Waals surface area (Å²) in [5, 5.41) is 8.58. The van der Waals surface area contributed by atoms with E-state index in [0.29, 0.717) is 17.1 Å². The Hall–Kier alpha value is -2.15. The maximum atomic E-state index is 8.58. The van der Waals surface area contributed by atoms with Crippen LogP contribution in [0, 0.1) is 11.3 Å². The van der Waals surface area contributed by atoms with E-state index in [1.54, 1.807) is 37.5 Å². The van der Waals surface area contributed by atoms with Gasteiger partial charge in [-0.3, -0.25) is 4.99 Å². The molecule has 0 aromatic carbocycles. The van der Waals surface area contributed by atoms with Crippen molar-refractivity contribution < 1.29 is 0 Å². The van der Waals surface area contributed by atoms with Gasteiger partial charge in [0.05, 0.1) is 5.69 Å². The molecule has 0 saturated carbocycles. The largest absolute Gasteiger partial charge is 0.402 e. The Kier molecular flexibility index (Phi) is 3.39. The molecule has 2 N–H and O–H groups in total. The van der Waals surface area contributed by atoms with Gasteiger partial charge in [0, 0.05) is 24.2 Å². The van der Waals surface area contributed by atoms with Gasteiger partial charge in [0.15, 0.2) is 0 Å². The highest BCUT2D eigenvalue weighted by molar-refractivity contribution is 5.75. The molecule has 0 aliphatic carbocycles. The van der Waals surface area contributed by atoms with Crippen LogP contribution >= 0.6 is 0 Å². The van der Waals surface area contributed by atoms with Crippen LogP contribution in [0.3, 0.4) is 0 Å². The first-order chi connectivity index (χ1) is 6.72. The predicted molar refractivity (Wildman–Crippen MR) is 55.0 cm³/mol. The van der Waals surface area contributed by atoms with E-state index in [-0.39, 0.29) is 0 Å². The molecule has 0 saturated heterocycles. The molecule has 14 heavy (non-hydrogen) atoms. The van der Waals surface area contributed by atoms with E-state index in [1.807, 2.05) is 6.07 Å². The number of rotatable bonds is 2. The summed E-state index contributed by atoms with van der Waals surface area (Å²) in [6, 6.07) is 5.27. The number of aliphatic imine (C=N–C) groups is 1. The molecule has 0 aliphatic rings. The fraction of sp³-hybridized carbons (Fsp3) is 0.100. The van der Waals surface area contributed by atoms with Crippen molar-refractivity contribution >= 4 is 11.9 Å². The van der Waals surface area contributed by atoms with Crippen LogP contribution in [-0.4, -0.2) is 11.2 Å². The second kappa shape index (κ2) is 4.77. The summed E-state index contributed by atoms with van der Waals surface area (Å²) in [6.07, 6.45) is 4.82. The summed E-state index contributed by atoms with van der Waals surface area (Å²) in [6.45, 7) is 1.78. The van der Waals surface area contributed by atoms with Gasteiger partial charge in [0.2, 0.25) is 0 Å². The van der Waals surface area contributed by atoms with Crippen LogP contribution in [0.25, 0.3) is 0 Å². The van der Waals surface area contributed by atoms with Gasteiger partial charge in [0.25, 0.3) is 0 Å². The Balaban J connectivity index is 2.83. The molecule has 0 radical (unpaired) electrons. The fourth-order valence-electron chi connectivity index (χ4n) is 0.802. The van der Waals surface area contributed by atoms with E-state index in [9.17, 15) is 0 Å². The average molecular weight is 186 g/mol. The summed E-state index contributed by atoms with van der Waals surface area (Å²) >= 11 is 0. The predicted octanol–water partition coefficient (Wildman–Crippen LogP) is 1.52. The minimum atomic E-state index is 0.355. The van der Waals surface area contributed by atoms with Crippen molar-refractivity contribution in [3.8, 4) is 6.07 Å². The summed E-state index contributed by atoms with van der Waals surface area (Å²) in [5.74, 6) is 0. The Morgan fingerprint density at radius 3 is 3.14 bits per heavy atom. The minimum Gasteiger partial charge on any atom is -0.402 e. The molecule has 4 nitrogen and oxygen atoms in total. The molecule has 1 heterocycles. The number of hydrogen-bond donors (Lipinski definition) is 1. The summed E-state index contributed by atoms with van der Waals surface area (Å²) in [7, 11) is 0. The van der Waals surface area contributed by atoms with E-state index in [2.05, 4.69) is 9.98 Å². The minimum absolute atomic E-state index is 0.355. The van der Waals surface area contributed by atoms with E-state index in [4.69, 9.17) is 11.0 Å². The van der Waals surface area contributed by atoms with E-state index in [0.717, 1.165) is 0 Å². The zero-order valence-electron chi connectivity index (χ0n) is 7.81. The number of aromatic nitrogens is 1. The Bertz CT molecular complexity index is 408. The molecular formula is C10H10N4. The molecule has 1 rings (SSSR count). The van der Waals surface area contributed by atoms with Crippen molar-refractivity contribution in [1.29, 1.82) is 5.26 Å². The van der Waals surface area contributed by atoms with Crippen molar-refractivity contribution in [1.82, 2.24) is 4.98 Å². The standard InChI is InChI=1S/C10H10N4/c1-8(12)2-4-13-9-3-5-14-10(6-9)7-11/h2-6H,12H2,1H3. The number of pyridine rings is 1. The van der Waals surface area contributed by atoms with Gasteiger partial charge >= 0.3 is 0 Å². The smallest absolute Gasteiger partial charge is 0.142 e. The van der Waals surface area contributed by atoms with Crippen LogP contribution in [0.2, 0.25) is 0 Å². The van der Waals surface area contributed by atoms with Crippen molar-refractivity contribution in [2.75, 3.05) is 0 Å². The molecule has 0 spiro atoms. The second-order valence-electron chi connectivity index (χ2n) is 2.70. The first kappa shape index (κ1) is 9.93. The molecule has 4 heteroatoms. The SMILES string of the molecule is CC(N)=CC=Nc1ccnc(C#N)c1. The Morgan fingerprint density at radius 1 is 1.71 bits per heavy atom. The number of nitrogens with zero attached hydrogens (tertiary/aromatic N) is 3. The summed E-state index contributed by atoms with van der Waals surface area (Å²) < 4.78 is 0. The lowest BCUT2D eigenvalue weighted by Crippen LogP contribution is -1.89. The van der Waals surface area contributed by atoms with Crippen LogP contribution in [0.4, 0.5) is 5.69 Å². The lowest BCUT2D eigenvalue weighted by molar-refractivity contribution is 1.25. The van der Waals surface area contributed by atoms with Crippen molar-refractivity contribution in [2.24, 2.45) is 10.7 Å². The maximum absolute atomic E-state index is 8.58. The van der Waals surface area contributed by atoms with Gasteiger partial charge < -0.3 is 5.73 Å². The topological polar surface area (TPSA) is 75.1 Å². The molecule has 0 unspecified atom stereocenters. The van der Waals surface area contributed by atoms with Crippen LogP contribution in [-0.2, 0) is 0 Å². The molecule has 1 aromatic heterocycles. The number of hydrogen-bond acceptors (Lipinski definition) is 4. The molecule has 0 fully saturated rings. The molecule has 0 aliphatic heterocycles. The quantitative estimate of drug-likeness (QED) is 0.711.